The van der Waals surface area contributed by atoms with Crippen LogP contribution in [0.25, 0.3) is 88.6 Å². The molecule has 62 heavy (non-hydrogen) atoms. The number of benzene rings is 9. The van der Waals surface area contributed by atoms with Crippen LogP contribution in [0.2, 0.25) is 0 Å². The lowest BCUT2D eigenvalue weighted by Gasteiger charge is -2.27. The number of hydrogen-bond donors (Lipinski definition) is 0. The van der Waals surface area contributed by atoms with Crippen LogP contribution in [0, 0.1) is 0 Å². The van der Waals surface area contributed by atoms with E-state index in [-0.39, 0.29) is 12.8 Å². The summed E-state index contributed by atoms with van der Waals surface area (Å²) in [6, 6.07) is 77.8. The minimum Gasteiger partial charge on any atom is -0.332 e. The predicted molar refractivity (Wildman–Crippen MR) is 263 cm³/mol. The molecule has 2 atom stereocenters. The molecule has 3 heterocycles. The van der Waals surface area contributed by atoms with Gasteiger partial charge in [0.25, 0.3) is 0 Å². The summed E-state index contributed by atoms with van der Waals surface area (Å²) in [5.74, 6) is 0.305. The maximum atomic E-state index is 2.59. The standard InChI is InChI=1S/C60H40BN/c1-3-18-39(19-4-1)43-29-17-30-44(40-20-5-2-6-21-40)59(43)61-55-31-14-11-26-49(55)47-24-9-7-22-45(47)46-23-8-10-25-48(46)52-36-41(34-35-56(52)61)42-37-53-50-27-12-15-32-57(50)62-58-33-16-13-28-51(58)54(38-42)60(53)62/h1-38,50,57H. The van der Waals surface area contributed by atoms with Crippen LogP contribution in [-0.4, -0.2) is 11.3 Å². The van der Waals surface area contributed by atoms with E-state index in [9.17, 15) is 0 Å². The van der Waals surface area contributed by atoms with E-state index in [4.69, 9.17) is 0 Å². The van der Waals surface area contributed by atoms with Crippen molar-refractivity contribution in [3.63, 3.8) is 0 Å². The van der Waals surface area contributed by atoms with Gasteiger partial charge in [-0.3, -0.25) is 0 Å². The normalized spacial score (nSPS) is 15.6. The minimum atomic E-state index is -0.112. The summed E-state index contributed by atoms with van der Waals surface area (Å²) in [7, 11) is 0. The Labute approximate surface area is 362 Å². The maximum Gasteiger partial charge on any atom is 0.244 e. The highest BCUT2D eigenvalue weighted by Gasteiger charge is 2.36. The third-order valence-electron chi connectivity index (χ3n) is 13.9. The van der Waals surface area contributed by atoms with Gasteiger partial charge in [0, 0.05) is 22.2 Å². The van der Waals surface area contributed by atoms with E-state index in [0.717, 1.165) is 0 Å². The molecule has 0 N–H and O–H groups in total. The molecule has 2 heteroatoms. The van der Waals surface area contributed by atoms with Gasteiger partial charge in [-0.2, -0.15) is 0 Å². The van der Waals surface area contributed by atoms with Gasteiger partial charge in [-0.25, -0.2) is 0 Å². The van der Waals surface area contributed by atoms with Crippen molar-refractivity contribution in [1.82, 2.24) is 4.57 Å². The topological polar surface area (TPSA) is 4.93 Å². The number of nitrogens with zero attached hydrogens (tertiary/aromatic N) is 1. The van der Waals surface area contributed by atoms with Crippen LogP contribution < -0.4 is 16.4 Å². The lowest BCUT2D eigenvalue weighted by Crippen LogP contribution is -2.54. The molecule has 0 saturated heterocycles. The average Bonchev–Trinajstić information content (AvgIpc) is 3.88. The van der Waals surface area contributed by atoms with Crippen LogP contribution in [-0.2, 0) is 0 Å². The summed E-state index contributed by atoms with van der Waals surface area (Å²) < 4.78 is 2.59. The zero-order valence-electron chi connectivity index (χ0n) is 34.1. The van der Waals surface area contributed by atoms with Gasteiger partial charge in [-0.15, -0.1) is 0 Å². The van der Waals surface area contributed by atoms with Gasteiger partial charge in [0.15, 0.2) is 0 Å². The van der Waals surface area contributed by atoms with Crippen molar-refractivity contribution in [2.24, 2.45) is 0 Å². The Morgan fingerprint density at radius 2 is 0.903 bits per heavy atom. The van der Waals surface area contributed by atoms with E-state index >= 15 is 0 Å². The Morgan fingerprint density at radius 3 is 1.61 bits per heavy atom. The van der Waals surface area contributed by atoms with E-state index < -0.39 is 0 Å². The smallest absolute Gasteiger partial charge is 0.244 e. The molecule has 1 aliphatic carbocycles. The van der Waals surface area contributed by atoms with Gasteiger partial charge in [0.1, 0.15) is 0 Å². The molecule has 10 aromatic rings. The van der Waals surface area contributed by atoms with Crippen molar-refractivity contribution in [1.29, 1.82) is 0 Å². The van der Waals surface area contributed by atoms with Gasteiger partial charge in [0.2, 0.25) is 6.71 Å². The van der Waals surface area contributed by atoms with Crippen LogP contribution in [0.3, 0.4) is 0 Å². The lowest BCUT2D eigenvalue weighted by atomic mass is 9.33. The van der Waals surface area contributed by atoms with Crippen LogP contribution in [0.5, 0.6) is 0 Å². The first-order valence-corrected chi connectivity index (χ1v) is 21.9. The molecule has 0 spiro atoms. The van der Waals surface area contributed by atoms with Crippen LogP contribution in [0.1, 0.15) is 17.5 Å². The molecule has 0 fully saturated rings. The summed E-state index contributed by atoms with van der Waals surface area (Å²) in [6.45, 7) is -0.112. The Bertz CT molecular complexity index is 3420. The largest absolute Gasteiger partial charge is 0.332 e. The van der Waals surface area contributed by atoms with Gasteiger partial charge in [-0.05, 0) is 96.6 Å². The van der Waals surface area contributed by atoms with E-state index in [0.29, 0.717) is 5.92 Å². The Morgan fingerprint density at radius 1 is 0.355 bits per heavy atom. The van der Waals surface area contributed by atoms with Gasteiger partial charge < -0.3 is 4.57 Å². The Hall–Kier alpha value is -7.68. The first-order valence-electron chi connectivity index (χ1n) is 21.9. The minimum absolute atomic E-state index is 0.112. The van der Waals surface area contributed by atoms with E-state index in [2.05, 4.69) is 235 Å². The third kappa shape index (κ3) is 5.23. The van der Waals surface area contributed by atoms with Gasteiger partial charge in [-0.1, -0.05) is 223 Å². The second-order valence-corrected chi connectivity index (χ2v) is 17.0. The Balaban J connectivity index is 1.14. The number of allylic oxidation sites excluding steroid dienone is 4. The van der Waals surface area contributed by atoms with Crippen LogP contribution in [0.15, 0.2) is 231 Å². The average molecular weight is 786 g/mol. The number of para-hydroxylation sites is 1. The number of rotatable bonds is 4. The Kier molecular flexibility index (Phi) is 7.90. The SMILES string of the molecule is C1=CC2c3cc(-c4ccc5c(c4)-c4ccccc4-c4ccccc4-c4ccccc4B5c4c(-c5ccccc5)cccc4-c4ccccc4)cc4c5ccccc5n(c34)C2C=C1. The molecule has 2 unspecified atom stereocenters. The molecular weight excluding hydrogens is 745 g/mol. The molecule has 0 radical (unpaired) electrons. The fourth-order valence-corrected chi connectivity index (χ4v) is 11.2. The van der Waals surface area contributed by atoms with Crippen molar-refractivity contribution in [3.8, 4) is 66.8 Å². The molecule has 1 aromatic heterocycles. The molecule has 0 amide bonds. The molecule has 2 aliphatic heterocycles. The third-order valence-corrected chi connectivity index (χ3v) is 13.9. The second kappa shape index (κ2) is 13.9. The van der Waals surface area contributed by atoms with Crippen molar-refractivity contribution >= 4 is 44.9 Å². The summed E-state index contributed by atoms with van der Waals surface area (Å²) in [6.07, 6.45) is 9.23. The molecule has 0 saturated carbocycles. The molecule has 288 valence electrons. The predicted octanol–water partition coefficient (Wildman–Crippen LogP) is 13.4. The van der Waals surface area contributed by atoms with Gasteiger partial charge >= 0.3 is 0 Å². The van der Waals surface area contributed by atoms with Crippen LogP contribution in [0.4, 0.5) is 0 Å². The van der Waals surface area contributed by atoms with E-state index in [1.54, 1.807) is 0 Å². The van der Waals surface area contributed by atoms with Crippen molar-refractivity contribution in [3.05, 3.63) is 236 Å². The summed E-state index contributed by atoms with van der Waals surface area (Å²) in [4.78, 5) is 0. The first kappa shape index (κ1) is 35.1. The van der Waals surface area contributed by atoms with Crippen LogP contribution >= 0.6 is 0 Å². The van der Waals surface area contributed by atoms with Crippen molar-refractivity contribution < 1.29 is 0 Å². The highest BCUT2D eigenvalue weighted by Crippen LogP contribution is 2.51. The maximum absolute atomic E-state index is 2.59. The summed E-state index contributed by atoms with van der Waals surface area (Å²) in [5, 5.41) is 2.65. The number of aromatic nitrogens is 1. The molecule has 9 aromatic carbocycles. The molecular formula is C60H40BN. The van der Waals surface area contributed by atoms with Crippen molar-refractivity contribution in [2.75, 3.05) is 0 Å². The zero-order chi connectivity index (χ0) is 40.7. The molecule has 1 nitrogen and oxygen atoms in total. The monoisotopic (exact) mass is 785 g/mol. The van der Waals surface area contributed by atoms with E-state index in [1.807, 2.05) is 0 Å². The first-order chi connectivity index (χ1) is 30.8. The van der Waals surface area contributed by atoms with Crippen molar-refractivity contribution in [2.45, 2.75) is 12.0 Å². The molecule has 3 aliphatic rings. The number of hydrogen-bond acceptors (Lipinski definition) is 0. The summed E-state index contributed by atoms with van der Waals surface area (Å²) >= 11 is 0. The zero-order valence-corrected chi connectivity index (χ0v) is 34.1. The highest BCUT2D eigenvalue weighted by molar-refractivity contribution is 6.98. The highest BCUT2D eigenvalue weighted by atomic mass is 15.0. The second-order valence-electron chi connectivity index (χ2n) is 17.0. The molecule has 0 bridgehead atoms. The quantitative estimate of drug-likeness (QED) is 0.157. The van der Waals surface area contributed by atoms with E-state index in [1.165, 1.54) is 111 Å². The van der Waals surface area contributed by atoms with Gasteiger partial charge in [0.05, 0.1) is 11.6 Å². The fraction of sp³-hybridized carbons (Fsp3) is 0.0333. The number of fused-ring (bicyclic) bond motifs is 13. The summed E-state index contributed by atoms with van der Waals surface area (Å²) in [5.41, 5.74) is 22.9. The lowest BCUT2D eigenvalue weighted by molar-refractivity contribution is 0.615. The fourth-order valence-electron chi connectivity index (χ4n) is 11.2. The molecule has 13 rings (SSSR count).